The fraction of sp³-hybridized carbons (Fsp3) is 1.00. The molecule has 1 fully saturated rings. The Morgan fingerprint density at radius 2 is 1.72 bits per heavy atom. The Morgan fingerprint density at radius 3 is 2.06 bits per heavy atom. The van der Waals surface area contributed by atoms with E-state index in [1.165, 1.54) is 44.9 Å². The van der Waals surface area contributed by atoms with Gasteiger partial charge in [-0.15, -0.1) is 0 Å². The normalized spacial score (nSPS) is 19.0. The molecule has 1 unspecified atom stereocenters. The van der Waals surface area contributed by atoms with Crippen molar-refractivity contribution in [1.29, 1.82) is 0 Å². The van der Waals surface area contributed by atoms with E-state index in [0.29, 0.717) is 0 Å². The van der Waals surface area contributed by atoms with Gasteiger partial charge in [0.25, 0.3) is 0 Å². The van der Waals surface area contributed by atoms with Gasteiger partial charge in [0.15, 0.2) is 0 Å². The van der Waals surface area contributed by atoms with Crippen molar-refractivity contribution in [2.75, 3.05) is 6.54 Å². The predicted molar refractivity (Wildman–Crippen MR) is 77.5 cm³/mol. The number of nitrogens with two attached hydrogens (primary N) is 1. The molecular formula is C15H33NO2. The highest BCUT2D eigenvalue weighted by atomic mass is 17.1. The fourth-order valence-corrected chi connectivity index (χ4v) is 2.59. The smallest absolute Gasteiger partial charge is 0.0949 e. The molecule has 18 heavy (non-hydrogen) atoms. The molecule has 0 aromatic carbocycles. The molecule has 0 aromatic heterocycles. The molecule has 1 aliphatic rings. The molecule has 110 valence electrons. The first kappa shape index (κ1) is 17.9. The van der Waals surface area contributed by atoms with Crippen LogP contribution in [0.4, 0.5) is 0 Å². The van der Waals surface area contributed by atoms with E-state index in [2.05, 4.69) is 11.8 Å². The molecule has 0 heterocycles. The lowest BCUT2D eigenvalue weighted by molar-refractivity contribution is -0.306. The van der Waals surface area contributed by atoms with Crippen molar-refractivity contribution in [3.05, 3.63) is 0 Å². The van der Waals surface area contributed by atoms with E-state index < -0.39 is 5.60 Å². The zero-order chi connectivity index (χ0) is 14.0. The first-order chi connectivity index (χ1) is 8.44. The third-order valence-electron chi connectivity index (χ3n) is 3.65. The van der Waals surface area contributed by atoms with Gasteiger partial charge in [-0.3, -0.25) is 5.26 Å². The van der Waals surface area contributed by atoms with Crippen LogP contribution in [0.15, 0.2) is 0 Å². The first-order valence-corrected chi connectivity index (χ1v) is 7.47. The number of rotatable bonds is 4. The van der Waals surface area contributed by atoms with E-state index in [1.807, 2.05) is 0 Å². The Hall–Kier alpha value is -0.120. The molecule has 0 aliphatic heterocycles. The van der Waals surface area contributed by atoms with Crippen LogP contribution in [0.3, 0.4) is 0 Å². The average molecular weight is 259 g/mol. The quantitative estimate of drug-likeness (QED) is 0.587. The van der Waals surface area contributed by atoms with Crippen LogP contribution in [-0.4, -0.2) is 17.4 Å². The maximum atomic E-state index is 7.90. The molecule has 3 heteroatoms. The summed E-state index contributed by atoms with van der Waals surface area (Å²) in [4.78, 5) is 3.94. The SMILES string of the molecule is CC(C)(C)OO.CCC(CCN)C1CCCCC1. The fourth-order valence-electron chi connectivity index (χ4n) is 2.59. The number of hydrogen-bond donors (Lipinski definition) is 2. The second-order valence-corrected chi connectivity index (χ2v) is 6.35. The summed E-state index contributed by atoms with van der Waals surface area (Å²) in [7, 11) is 0. The van der Waals surface area contributed by atoms with E-state index in [4.69, 9.17) is 11.0 Å². The maximum Gasteiger partial charge on any atom is 0.0949 e. The van der Waals surface area contributed by atoms with Crippen LogP contribution in [0, 0.1) is 11.8 Å². The van der Waals surface area contributed by atoms with Crippen LogP contribution in [0.25, 0.3) is 0 Å². The van der Waals surface area contributed by atoms with E-state index in [9.17, 15) is 0 Å². The highest BCUT2D eigenvalue weighted by Crippen LogP contribution is 2.33. The summed E-state index contributed by atoms with van der Waals surface area (Å²) in [5.74, 6) is 1.93. The monoisotopic (exact) mass is 259 g/mol. The Bertz CT molecular complexity index is 181. The molecular weight excluding hydrogens is 226 g/mol. The third-order valence-corrected chi connectivity index (χ3v) is 3.65. The molecule has 0 amide bonds. The van der Waals surface area contributed by atoms with Crippen molar-refractivity contribution in [1.82, 2.24) is 0 Å². The van der Waals surface area contributed by atoms with Crippen LogP contribution < -0.4 is 5.73 Å². The first-order valence-electron chi connectivity index (χ1n) is 7.47. The van der Waals surface area contributed by atoms with Crippen molar-refractivity contribution in [2.24, 2.45) is 17.6 Å². The van der Waals surface area contributed by atoms with Crippen molar-refractivity contribution in [3.63, 3.8) is 0 Å². The van der Waals surface area contributed by atoms with E-state index in [1.54, 1.807) is 20.8 Å². The lowest BCUT2D eigenvalue weighted by Crippen LogP contribution is -2.20. The van der Waals surface area contributed by atoms with Crippen LogP contribution in [0.5, 0.6) is 0 Å². The molecule has 1 atom stereocenters. The summed E-state index contributed by atoms with van der Waals surface area (Å²) in [5.41, 5.74) is 5.21. The van der Waals surface area contributed by atoms with Crippen molar-refractivity contribution < 1.29 is 10.1 Å². The van der Waals surface area contributed by atoms with Crippen LogP contribution in [0.1, 0.15) is 72.6 Å². The van der Waals surface area contributed by atoms with Gasteiger partial charge in [0, 0.05) is 0 Å². The lowest BCUT2D eigenvalue weighted by atomic mass is 9.77. The second kappa shape index (κ2) is 9.76. The Morgan fingerprint density at radius 1 is 1.22 bits per heavy atom. The number of hydrogen-bond acceptors (Lipinski definition) is 3. The van der Waals surface area contributed by atoms with Gasteiger partial charge < -0.3 is 5.73 Å². The zero-order valence-electron chi connectivity index (χ0n) is 12.7. The van der Waals surface area contributed by atoms with Crippen LogP contribution >= 0.6 is 0 Å². The minimum atomic E-state index is -0.403. The topological polar surface area (TPSA) is 55.5 Å². The van der Waals surface area contributed by atoms with Crippen molar-refractivity contribution in [3.8, 4) is 0 Å². The van der Waals surface area contributed by atoms with E-state index in [-0.39, 0.29) is 0 Å². The largest absolute Gasteiger partial charge is 0.330 e. The standard InChI is InChI=1S/C11H23N.C4H10O2/c1-2-10(8-9-12)11-6-4-3-5-7-11;1-4(2,3)6-5/h10-11H,2-9,12H2,1H3;5H,1-3H3. The van der Waals surface area contributed by atoms with Crippen LogP contribution in [0.2, 0.25) is 0 Å². The van der Waals surface area contributed by atoms with Crippen molar-refractivity contribution >= 4 is 0 Å². The second-order valence-electron chi connectivity index (χ2n) is 6.35. The Labute approximate surface area is 113 Å². The van der Waals surface area contributed by atoms with Gasteiger partial charge in [-0.25, -0.2) is 4.89 Å². The Balaban J connectivity index is 0.000000411. The van der Waals surface area contributed by atoms with E-state index in [0.717, 1.165) is 18.4 Å². The predicted octanol–water partition coefficient (Wildman–Crippen LogP) is 4.22. The minimum Gasteiger partial charge on any atom is -0.330 e. The van der Waals surface area contributed by atoms with Gasteiger partial charge in [-0.05, 0) is 45.6 Å². The maximum absolute atomic E-state index is 7.90. The average Bonchev–Trinajstić information content (AvgIpc) is 2.37. The summed E-state index contributed by atoms with van der Waals surface area (Å²) < 4.78 is 0. The van der Waals surface area contributed by atoms with Gasteiger partial charge in [0.05, 0.1) is 5.60 Å². The van der Waals surface area contributed by atoms with Gasteiger partial charge in [-0.1, -0.05) is 45.4 Å². The minimum absolute atomic E-state index is 0.403. The van der Waals surface area contributed by atoms with Gasteiger partial charge >= 0.3 is 0 Å². The summed E-state index contributed by atoms with van der Waals surface area (Å²) >= 11 is 0. The van der Waals surface area contributed by atoms with E-state index >= 15 is 0 Å². The van der Waals surface area contributed by atoms with Gasteiger partial charge in [0.1, 0.15) is 0 Å². The summed E-state index contributed by atoms with van der Waals surface area (Å²) in [5, 5.41) is 7.90. The lowest BCUT2D eigenvalue weighted by Gasteiger charge is -2.29. The molecule has 1 rings (SSSR count). The molecule has 3 N–H and O–H groups in total. The van der Waals surface area contributed by atoms with Crippen LogP contribution in [-0.2, 0) is 4.89 Å². The molecule has 0 spiro atoms. The molecule has 1 aliphatic carbocycles. The Kier molecular flexibility index (Phi) is 9.70. The van der Waals surface area contributed by atoms with Gasteiger partial charge in [-0.2, -0.15) is 0 Å². The van der Waals surface area contributed by atoms with Gasteiger partial charge in [0.2, 0.25) is 0 Å². The molecule has 1 saturated carbocycles. The highest BCUT2D eigenvalue weighted by Gasteiger charge is 2.21. The molecule has 0 aromatic rings. The molecule has 0 radical (unpaired) electrons. The summed E-state index contributed by atoms with van der Waals surface area (Å²) in [6.07, 6.45) is 9.92. The van der Waals surface area contributed by atoms with Crippen molar-refractivity contribution in [2.45, 2.75) is 78.2 Å². The molecule has 0 saturated heterocycles. The highest BCUT2D eigenvalue weighted by molar-refractivity contribution is 4.73. The summed E-state index contributed by atoms with van der Waals surface area (Å²) in [6.45, 7) is 8.51. The third kappa shape index (κ3) is 8.90. The summed E-state index contributed by atoms with van der Waals surface area (Å²) in [6, 6.07) is 0. The zero-order valence-corrected chi connectivity index (χ0v) is 12.7. The molecule has 3 nitrogen and oxygen atoms in total. The molecule has 0 bridgehead atoms.